The van der Waals surface area contributed by atoms with Crippen LogP contribution in [0.15, 0.2) is 17.3 Å². The second-order valence-electron chi connectivity index (χ2n) is 7.85. The van der Waals surface area contributed by atoms with Gasteiger partial charge >= 0.3 is 0 Å². The zero-order valence-corrected chi connectivity index (χ0v) is 14.8. The van der Waals surface area contributed by atoms with Gasteiger partial charge in [-0.3, -0.25) is 9.48 Å². The molecule has 4 rings (SSSR count). The van der Waals surface area contributed by atoms with Crippen molar-refractivity contribution in [3.8, 4) is 0 Å². The van der Waals surface area contributed by atoms with Gasteiger partial charge in [0, 0.05) is 18.7 Å². The van der Waals surface area contributed by atoms with Crippen LogP contribution in [0.2, 0.25) is 0 Å². The number of nitrogens with one attached hydrogen (secondary N) is 1. The van der Waals surface area contributed by atoms with E-state index in [1.54, 1.807) is 4.68 Å². The van der Waals surface area contributed by atoms with Gasteiger partial charge in [0.1, 0.15) is 4.90 Å². The van der Waals surface area contributed by atoms with Crippen LogP contribution in [0.1, 0.15) is 39.2 Å². The number of hydrogen-bond donors (Lipinski definition) is 1. The maximum atomic E-state index is 12.4. The summed E-state index contributed by atoms with van der Waals surface area (Å²) >= 11 is 0. The van der Waals surface area contributed by atoms with E-state index in [0.29, 0.717) is 30.5 Å². The van der Waals surface area contributed by atoms with Crippen molar-refractivity contribution in [2.24, 2.45) is 23.2 Å². The SMILES string of the molecule is CC1(C)[C@@H]2CC(C(=O)NS(=O)(=O)c3cnn(C4CCOC4)c3)C[C@@H]21. The van der Waals surface area contributed by atoms with Crippen LogP contribution < -0.4 is 4.72 Å². The van der Waals surface area contributed by atoms with Crippen LogP contribution in [-0.4, -0.2) is 37.3 Å². The Balaban J connectivity index is 1.41. The Morgan fingerprint density at radius 1 is 1.38 bits per heavy atom. The highest BCUT2D eigenvalue weighted by atomic mass is 32.2. The van der Waals surface area contributed by atoms with Crippen molar-refractivity contribution in [1.29, 1.82) is 0 Å². The quantitative estimate of drug-likeness (QED) is 0.882. The average Bonchev–Trinajstić information content (AvgIpc) is 3.14. The van der Waals surface area contributed by atoms with Crippen LogP contribution in [0.4, 0.5) is 0 Å². The molecule has 3 aliphatic rings. The summed E-state index contributed by atoms with van der Waals surface area (Å²) in [5.41, 5.74) is 0.320. The number of aromatic nitrogens is 2. The highest BCUT2D eigenvalue weighted by molar-refractivity contribution is 7.90. The van der Waals surface area contributed by atoms with E-state index in [1.165, 1.54) is 12.4 Å². The maximum absolute atomic E-state index is 12.4. The summed E-state index contributed by atoms with van der Waals surface area (Å²) in [5.74, 6) is 0.540. The van der Waals surface area contributed by atoms with E-state index < -0.39 is 10.0 Å². The number of sulfonamides is 1. The third-order valence-corrected chi connectivity index (χ3v) is 7.44. The van der Waals surface area contributed by atoms with Gasteiger partial charge in [0.25, 0.3) is 10.0 Å². The second-order valence-corrected chi connectivity index (χ2v) is 9.53. The van der Waals surface area contributed by atoms with E-state index in [-0.39, 0.29) is 22.8 Å². The average molecular weight is 353 g/mol. The van der Waals surface area contributed by atoms with Gasteiger partial charge in [-0.15, -0.1) is 0 Å². The molecule has 1 aromatic heterocycles. The zero-order chi connectivity index (χ0) is 17.1. The molecule has 0 bridgehead atoms. The number of fused-ring (bicyclic) bond motifs is 1. The summed E-state index contributed by atoms with van der Waals surface area (Å²) in [6, 6.07) is 0.0637. The molecule has 1 aromatic rings. The van der Waals surface area contributed by atoms with Gasteiger partial charge < -0.3 is 4.74 Å². The van der Waals surface area contributed by atoms with Gasteiger partial charge in [-0.1, -0.05) is 13.8 Å². The fraction of sp³-hybridized carbons (Fsp3) is 0.750. The molecule has 8 heteroatoms. The summed E-state index contributed by atoms with van der Waals surface area (Å²) in [7, 11) is -3.86. The van der Waals surface area contributed by atoms with Crippen molar-refractivity contribution in [3.05, 3.63) is 12.4 Å². The maximum Gasteiger partial charge on any atom is 0.267 e. The standard InChI is InChI=1S/C16H23N3O4S/c1-16(2)13-5-10(6-14(13)16)15(20)18-24(21,22)12-7-17-19(8-12)11-3-4-23-9-11/h7-8,10-11,13-14H,3-6,9H2,1-2H3,(H,18,20)/t10?,11?,13-,14+. The third-order valence-electron chi connectivity index (χ3n) is 6.14. The van der Waals surface area contributed by atoms with Gasteiger partial charge in [0.05, 0.1) is 18.8 Å². The Bertz CT molecular complexity index is 750. The van der Waals surface area contributed by atoms with E-state index in [0.717, 1.165) is 19.3 Å². The van der Waals surface area contributed by atoms with Crippen LogP contribution in [0.5, 0.6) is 0 Å². The number of ether oxygens (including phenoxy) is 1. The first kappa shape index (κ1) is 16.1. The number of carbonyl (C=O) groups excluding carboxylic acids is 1. The molecule has 4 atom stereocenters. The topological polar surface area (TPSA) is 90.3 Å². The first-order chi connectivity index (χ1) is 11.3. The molecule has 0 radical (unpaired) electrons. The summed E-state index contributed by atoms with van der Waals surface area (Å²) < 4.78 is 34.0. The van der Waals surface area contributed by atoms with Crippen molar-refractivity contribution in [1.82, 2.24) is 14.5 Å². The Morgan fingerprint density at radius 3 is 2.71 bits per heavy atom. The Hall–Kier alpha value is -1.41. The molecule has 2 saturated carbocycles. The Morgan fingerprint density at radius 2 is 2.08 bits per heavy atom. The fourth-order valence-electron chi connectivity index (χ4n) is 4.38. The highest BCUT2D eigenvalue weighted by Gasteiger charge is 2.63. The zero-order valence-electron chi connectivity index (χ0n) is 13.9. The van der Waals surface area contributed by atoms with Gasteiger partial charge in [0.15, 0.2) is 0 Å². The minimum Gasteiger partial charge on any atom is -0.379 e. The molecule has 1 N–H and O–H groups in total. The van der Waals surface area contributed by atoms with E-state index in [1.807, 2.05) is 0 Å². The largest absolute Gasteiger partial charge is 0.379 e. The molecule has 2 unspecified atom stereocenters. The molecule has 0 spiro atoms. The van der Waals surface area contributed by atoms with E-state index in [2.05, 4.69) is 23.7 Å². The minimum atomic E-state index is -3.86. The van der Waals surface area contributed by atoms with Gasteiger partial charge in [0.2, 0.25) is 5.91 Å². The molecule has 7 nitrogen and oxygen atoms in total. The summed E-state index contributed by atoms with van der Waals surface area (Å²) in [6.45, 7) is 5.63. The highest BCUT2D eigenvalue weighted by Crippen LogP contribution is 2.68. The molecule has 0 aromatic carbocycles. The summed E-state index contributed by atoms with van der Waals surface area (Å²) in [4.78, 5) is 12.4. The van der Waals surface area contributed by atoms with Crippen LogP contribution >= 0.6 is 0 Å². The van der Waals surface area contributed by atoms with Crippen molar-refractivity contribution in [3.63, 3.8) is 0 Å². The number of hydrogen-bond acceptors (Lipinski definition) is 5. The molecule has 1 amide bonds. The normalized spacial score (nSPS) is 34.1. The third kappa shape index (κ3) is 2.56. The van der Waals surface area contributed by atoms with Crippen LogP contribution in [-0.2, 0) is 19.6 Å². The number of carbonyl (C=O) groups is 1. The predicted octanol–water partition coefficient (Wildman–Crippen LogP) is 1.33. The molecule has 1 aliphatic heterocycles. The van der Waals surface area contributed by atoms with Crippen molar-refractivity contribution < 1.29 is 17.9 Å². The van der Waals surface area contributed by atoms with E-state index in [9.17, 15) is 13.2 Å². The molecule has 2 aliphatic carbocycles. The van der Waals surface area contributed by atoms with Gasteiger partial charge in [-0.05, 0) is 36.5 Å². The molecule has 3 fully saturated rings. The first-order valence-electron chi connectivity index (χ1n) is 8.47. The molecule has 2 heterocycles. The lowest BCUT2D eigenvalue weighted by Crippen LogP contribution is -2.35. The Kier molecular flexibility index (Phi) is 3.55. The number of nitrogens with zero attached hydrogens (tertiary/aromatic N) is 2. The van der Waals surface area contributed by atoms with Crippen LogP contribution in [0.3, 0.4) is 0 Å². The van der Waals surface area contributed by atoms with E-state index in [4.69, 9.17) is 4.74 Å². The molecule has 24 heavy (non-hydrogen) atoms. The summed E-state index contributed by atoms with van der Waals surface area (Å²) in [5, 5.41) is 4.11. The van der Waals surface area contributed by atoms with Crippen molar-refractivity contribution >= 4 is 15.9 Å². The number of rotatable bonds is 4. The summed E-state index contributed by atoms with van der Waals surface area (Å²) in [6.07, 6.45) is 5.16. The molecule has 132 valence electrons. The molecule has 1 saturated heterocycles. The first-order valence-corrected chi connectivity index (χ1v) is 9.96. The van der Waals surface area contributed by atoms with Gasteiger partial charge in [-0.2, -0.15) is 5.10 Å². The lowest BCUT2D eigenvalue weighted by molar-refractivity contribution is -0.123. The van der Waals surface area contributed by atoms with Crippen molar-refractivity contribution in [2.75, 3.05) is 13.2 Å². The van der Waals surface area contributed by atoms with Crippen LogP contribution in [0.25, 0.3) is 0 Å². The molecular weight excluding hydrogens is 330 g/mol. The monoisotopic (exact) mass is 353 g/mol. The Labute approximate surface area is 141 Å². The lowest BCUT2D eigenvalue weighted by Gasteiger charge is -2.16. The predicted molar refractivity (Wildman–Crippen MR) is 85.5 cm³/mol. The smallest absolute Gasteiger partial charge is 0.267 e. The second kappa shape index (κ2) is 5.29. The van der Waals surface area contributed by atoms with Crippen LogP contribution in [0, 0.1) is 23.2 Å². The lowest BCUT2D eigenvalue weighted by atomic mass is 9.93. The van der Waals surface area contributed by atoms with E-state index >= 15 is 0 Å². The molecular formula is C16H23N3O4S. The van der Waals surface area contributed by atoms with Gasteiger partial charge in [-0.25, -0.2) is 13.1 Å². The number of amides is 1. The van der Waals surface area contributed by atoms with Crippen molar-refractivity contribution in [2.45, 2.75) is 44.0 Å². The fourth-order valence-corrected chi connectivity index (χ4v) is 5.36. The minimum absolute atomic E-state index is 0.0336.